The summed E-state index contributed by atoms with van der Waals surface area (Å²) >= 11 is 0. The average molecular weight is 240 g/mol. The van der Waals surface area contributed by atoms with E-state index in [4.69, 9.17) is 5.73 Å². The quantitative estimate of drug-likeness (QED) is 0.762. The Morgan fingerprint density at radius 3 is 2.18 bits per heavy atom. The number of alkyl halides is 3. The number of nitrogens with zero attached hydrogens (tertiary/aromatic N) is 1. The number of nitrogen functional groups attached to an aromatic ring is 1. The highest BCUT2D eigenvalue weighted by atomic mass is 19.4. The van der Waals surface area contributed by atoms with Gasteiger partial charge in [-0.3, -0.25) is 0 Å². The molecule has 2 rings (SSSR count). The van der Waals surface area contributed by atoms with Gasteiger partial charge in [0.05, 0.1) is 11.3 Å². The normalized spacial score (nSPS) is 11.8. The van der Waals surface area contributed by atoms with E-state index in [1.165, 1.54) is 10.8 Å². The smallest absolute Gasteiger partial charge is 0.399 e. The second kappa shape index (κ2) is 3.84. The van der Waals surface area contributed by atoms with Gasteiger partial charge in [0.25, 0.3) is 0 Å². The summed E-state index contributed by atoms with van der Waals surface area (Å²) in [5, 5.41) is 0. The summed E-state index contributed by atoms with van der Waals surface area (Å²) in [5.41, 5.74) is 6.05. The lowest BCUT2D eigenvalue weighted by molar-refractivity contribution is -0.137. The first kappa shape index (κ1) is 11.6. The number of hydrogen-bond donors (Lipinski definition) is 1. The van der Waals surface area contributed by atoms with E-state index in [2.05, 4.69) is 0 Å². The van der Waals surface area contributed by atoms with Gasteiger partial charge in [-0.2, -0.15) is 13.2 Å². The summed E-state index contributed by atoms with van der Waals surface area (Å²) in [6.45, 7) is 0. The van der Waals surface area contributed by atoms with Gasteiger partial charge in [-0.1, -0.05) is 12.1 Å². The number of aromatic nitrogens is 1. The van der Waals surface area contributed by atoms with Crippen LogP contribution in [0.2, 0.25) is 0 Å². The summed E-state index contributed by atoms with van der Waals surface area (Å²) in [4.78, 5) is 0. The number of rotatable bonds is 1. The zero-order valence-corrected chi connectivity index (χ0v) is 9.12. The minimum absolute atomic E-state index is 0.150. The molecule has 1 aromatic carbocycles. The van der Waals surface area contributed by atoms with Gasteiger partial charge in [-0.05, 0) is 23.8 Å². The standard InChI is InChI=1S/C12H11F3N2/c1-17-7-6-10(12(13,14)15)11(17)8-2-4-9(16)5-3-8/h2-7H,16H2,1H3. The molecule has 0 aliphatic rings. The molecule has 1 heterocycles. The molecule has 0 amide bonds. The molecule has 0 bridgehead atoms. The fourth-order valence-electron chi connectivity index (χ4n) is 1.76. The van der Waals surface area contributed by atoms with Crippen LogP contribution in [0.3, 0.4) is 0 Å². The lowest BCUT2D eigenvalue weighted by atomic mass is 10.1. The van der Waals surface area contributed by atoms with Crippen molar-refractivity contribution in [3.05, 3.63) is 42.1 Å². The minimum Gasteiger partial charge on any atom is -0.399 e. The second-order valence-electron chi connectivity index (χ2n) is 3.81. The van der Waals surface area contributed by atoms with Crippen LogP contribution in [-0.4, -0.2) is 4.57 Å². The lowest BCUT2D eigenvalue weighted by Crippen LogP contribution is -2.06. The predicted molar refractivity (Wildman–Crippen MR) is 60.3 cm³/mol. The fourth-order valence-corrected chi connectivity index (χ4v) is 1.76. The topological polar surface area (TPSA) is 30.9 Å². The fraction of sp³-hybridized carbons (Fsp3) is 0.167. The van der Waals surface area contributed by atoms with Gasteiger partial charge in [-0.15, -0.1) is 0 Å². The van der Waals surface area contributed by atoms with Crippen molar-refractivity contribution in [3.8, 4) is 11.3 Å². The third-order valence-electron chi connectivity index (χ3n) is 2.56. The van der Waals surface area contributed by atoms with Gasteiger partial charge in [0, 0.05) is 18.9 Å². The summed E-state index contributed by atoms with van der Waals surface area (Å²) in [6.07, 6.45) is -2.95. The minimum atomic E-state index is -4.35. The summed E-state index contributed by atoms with van der Waals surface area (Å²) in [5.74, 6) is 0. The van der Waals surface area contributed by atoms with E-state index in [0.29, 0.717) is 11.3 Å². The third kappa shape index (κ3) is 2.13. The zero-order valence-electron chi connectivity index (χ0n) is 9.12. The Morgan fingerprint density at radius 2 is 1.65 bits per heavy atom. The molecular formula is C12H11F3N2. The van der Waals surface area contributed by atoms with Gasteiger partial charge in [0.2, 0.25) is 0 Å². The molecule has 0 atom stereocenters. The highest BCUT2D eigenvalue weighted by Crippen LogP contribution is 2.37. The highest BCUT2D eigenvalue weighted by molar-refractivity contribution is 5.67. The molecule has 2 N–H and O–H groups in total. The molecule has 0 radical (unpaired) electrons. The van der Waals surface area contributed by atoms with E-state index >= 15 is 0 Å². The Bertz CT molecular complexity index is 524. The molecule has 90 valence electrons. The van der Waals surface area contributed by atoms with E-state index in [1.807, 2.05) is 0 Å². The van der Waals surface area contributed by atoms with Gasteiger partial charge < -0.3 is 10.3 Å². The first-order valence-electron chi connectivity index (χ1n) is 4.98. The van der Waals surface area contributed by atoms with Crippen molar-refractivity contribution in [2.45, 2.75) is 6.18 Å². The molecule has 17 heavy (non-hydrogen) atoms. The highest BCUT2D eigenvalue weighted by Gasteiger charge is 2.35. The molecule has 0 aliphatic heterocycles. The van der Waals surface area contributed by atoms with Crippen molar-refractivity contribution in [3.63, 3.8) is 0 Å². The number of anilines is 1. The van der Waals surface area contributed by atoms with E-state index in [0.717, 1.165) is 6.07 Å². The maximum absolute atomic E-state index is 12.8. The van der Waals surface area contributed by atoms with Crippen LogP contribution in [0, 0.1) is 0 Å². The summed E-state index contributed by atoms with van der Waals surface area (Å²) < 4.78 is 39.8. The molecular weight excluding hydrogens is 229 g/mol. The molecule has 2 nitrogen and oxygen atoms in total. The molecule has 0 fully saturated rings. The Labute approximate surface area is 96.5 Å². The van der Waals surface area contributed by atoms with Crippen LogP contribution >= 0.6 is 0 Å². The van der Waals surface area contributed by atoms with E-state index in [1.54, 1.807) is 31.3 Å². The first-order valence-corrected chi connectivity index (χ1v) is 4.98. The average Bonchev–Trinajstić information content (AvgIpc) is 2.61. The maximum atomic E-state index is 12.8. The van der Waals surface area contributed by atoms with Crippen molar-refractivity contribution in [2.75, 3.05) is 5.73 Å². The van der Waals surface area contributed by atoms with Gasteiger partial charge in [-0.25, -0.2) is 0 Å². The first-order chi connectivity index (χ1) is 7.89. The lowest BCUT2D eigenvalue weighted by Gasteiger charge is -2.11. The Morgan fingerprint density at radius 1 is 1.06 bits per heavy atom. The van der Waals surface area contributed by atoms with E-state index < -0.39 is 11.7 Å². The van der Waals surface area contributed by atoms with Gasteiger partial charge in [0.15, 0.2) is 0 Å². The third-order valence-corrected chi connectivity index (χ3v) is 2.56. The number of benzene rings is 1. The van der Waals surface area contributed by atoms with Crippen LogP contribution in [0.25, 0.3) is 11.3 Å². The largest absolute Gasteiger partial charge is 0.418 e. The summed E-state index contributed by atoms with van der Waals surface area (Å²) in [7, 11) is 1.58. The molecule has 0 saturated carbocycles. The molecule has 0 unspecified atom stereocenters. The SMILES string of the molecule is Cn1ccc(C(F)(F)F)c1-c1ccc(N)cc1. The van der Waals surface area contributed by atoms with Gasteiger partial charge in [0.1, 0.15) is 0 Å². The van der Waals surface area contributed by atoms with Gasteiger partial charge >= 0.3 is 6.18 Å². The van der Waals surface area contributed by atoms with Crippen molar-refractivity contribution in [2.24, 2.45) is 7.05 Å². The van der Waals surface area contributed by atoms with Crippen LogP contribution in [0.5, 0.6) is 0 Å². The molecule has 2 aromatic rings. The maximum Gasteiger partial charge on any atom is 0.418 e. The van der Waals surface area contributed by atoms with Crippen LogP contribution in [-0.2, 0) is 13.2 Å². The Kier molecular flexibility index (Phi) is 2.61. The predicted octanol–water partition coefficient (Wildman–Crippen LogP) is 3.29. The molecule has 0 spiro atoms. The Hall–Kier alpha value is -1.91. The Balaban J connectivity index is 2.59. The van der Waals surface area contributed by atoms with Crippen LogP contribution in [0.1, 0.15) is 5.56 Å². The van der Waals surface area contributed by atoms with Crippen molar-refractivity contribution in [1.29, 1.82) is 0 Å². The summed E-state index contributed by atoms with van der Waals surface area (Å²) in [6, 6.07) is 7.41. The van der Waals surface area contributed by atoms with E-state index in [9.17, 15) is 13.2 Å². The van der Waals surface area contributed by atoms with Crippen LogP contribution in [0.15, 0.2) is 36.5 Å². The number of nitrogens with two attached hydrogens (primary N) is 1. The second-order valence-corrected chi connectivity index (χ2v) is 3.81. The molecule has 5 heteroatoms. The van der Waals surface area contributed by atoms with Crippen LogP contribution in [0.4, 0.5) is 18.9 Å². The number of hydrogen-bond acceptors (Lipinski definition) is 1. The molecule has 1 aromatic heterocycles. The number of halogens is 3. The van der Waals surface area contributed by atoms with Crippen LogP contribution < -0.4 is 5.73 Å². The van der Waals surface area contributed by atoms with Crippen molar-refractivity contribution >= 4 is 5.69 Å². The van der Waals surface area contributed by atoms with E-state index in [-0.39, 0.29) is 5.69 Å². The molecule has 0 saturated heterocycles. The molecule has 0 aliphatic carbocycles. The van der Waals surface area contributed by atoms with Crippen molar-refractivity contribution in [1.82, 2.24) is 4.57 Å². The monoisotopic (exact) mass is 240 g/mol. The zero-order chi connectivity index (χ0) is 12.6. The van der Waals surface area contributed by atoms with Crippen molar-refractivity contribution < 1.29 is 13.2 Å². The number of aryl methyl sites for hydroxylation is 1.